The molecule has 0 aliphatic carbocycles. The lowest BCUT2D eigenvalue weighted by atomic mass is 9.99. The van der Waals surface area contributed by atoms with Crippen LogP contribution in [-0.4, -0.2) is 80.8 Å². The molecule has 4 atom stereocenters. The Labute approximate surface area is 183 Å². The molecule has 31 heavy (non-hydrogen) atoms. The van der Waals surface area contributed by atoms with Crippen molar-refractivity contribution in [3.63, 3.8) is 0 Å². The number of nitriles is 1. The van der Waals surface area contributed by atoms with Crippen molar-refractivity contribution < 1.29 is 23.8 Å². The second kappa shape index (κ2) is 10.1. The average molecular weight is 430 g/mol. The zero-order valence-corrected chi connectivity index (χ0v) is 18.7. The highest BCUT2D eigenvalue weighted by atomic mass is 16.6. The molecule has 2 amide bonds. The SMILES string of the molecule is CO[C@@H]1CC[C@@H]2CCN(C)C(=O)[C@H](C)CN(C)C(=O)c3cc(C#N)ccc3OC[C@@H]1O2. The van der Waals surface area contributed by atoms with Crippen LogP contribution in [0.2, 0.25) is 0 Å². The fraction of sp³-hybridized carbons (Fsp3) is 0.609. The van der Waals surface area contributed by atoms with Gasteiger partial charge in [0.05, 0.1) is 35.3 Å². The molecule has 2 heterocycles. The van der Waals surface area contributed by atoms with Gasteiger partial charge in [-0.1, -0.05) is 6.92 Å². The van der Waals surface area contributed by atoms with Gasteiger partial charge in [-0.05, 0) is 37.5 Å². The Balaban J connectivity index is 1.94. The van der Waals surface area contributed by atoms with Crippen LogP contribution < -0.4 is 4.74 Å². The first-order valence-electron chi connectivity index (χ1n) is 10.7. The maximum atomic E-state index is 13.2. The number of ether oxygens (including phenoxy) is 3. The smallest absolute Gasteiger partial charge is 0.257 e. The van der Waals surface area contributed by atoms with Gasteiger partial charge in [-0.25, -0.2) is 0 Å². The van der Waals surface area contributed by atoms with Crippen LogP contribution in [0.3, 0.4) is 0 Å². The molecule has 0 unspecified atom stereocenters. The summed E-state index contributed by atoms with van der Waals surface area (Å²) in [6, 6.07) is 6.86. The van der Waals surface area contributed by atoms with E-state index < -0.39 is 0 Å². The van der Waals surface area contributed by atoms with Crippen molar-refractivity contribution in [2.75, 3.05) is 40.9 Å². The monoisotopic (exact) mass is 429 g/mol. The van der Waals surface area contributed by atoms with Crippen LogP contribution in [-0.2, 0) is 14.3 Å². The Kier molecular flexibility index (Phi) is 7.52. The van der Waals surface area contributed by atoms with Crippen LogP contribution in [0.4, 0.5) is 0 Å². The quantitative estimate of drug-likeness (QED) is 0.679. The van der Waals surface area contributed by atoms with Crippen molar-refractivity contribution in [3.05, 3.63) is 29.3 Å². The van der Waals surface area contributed by atoms with Crippen LogP contribution in [0, 0.1) is 17.2 Å². The minimum absolute atomic E-state index is 0.0143. The van der Waals surface area contributed by atoms with E-state index in [0.717, 1.165) is 19.3 Å². The maximum absolute atomic E-state index is 13.2. The van der Waals surface area contributed by atoms with E-state index in [-0.39, 0.29) is 49.2 Å². The average Bonchev–Trinajstić information content (AvgIpc) is 2.79. The van der Waals surface area contributed by atoms with Crippen molar-refractivity contribution >= 4 is 11.8 Å². The van der Waals surface area contributed by atoms with E-state index in [1.54, 1.807) is 38.2 Å². The summed E-state index contributed by atoms with van der Waals surface area (Å²) in [7, 11) is 5.10. The fourth-order valence-electron chi connectivity index (χ4n) is 4.23. The highest BCUT2D eigenvalue weighted by molar-refractivity contribution is 5.97. The van der Waals surface area contributed by atoms with Crippen LogP contribution in [0.1, 0.15) is 42.1 Å². The molecule has 0 saturated carbocycles. The predicted molar refractivity (Wildman–Crippen MR) is 114 cm³/mol. The summed E-state index contributed by atoms with van der Waals surface area (Å²) in [5.74, 6) is -0.276. The molecule has 2 aliphatic heterocycles. The van der Waals surface area contributed by atoms with Crippen molar-refractivity contribution in [2.45, 2.75) is 44.5 Å². The molecule has 8 heteroatoms. The van der Waals surface area contributed by atoms with Gasteiger partial charge in [0.15, 0.2) is 0 Å². The van der Waals surface area contributed by atoms with Gasteiger partial charge >= 0.3 is 0 Å². The Morgan fingerprint density at radius 3 is 2.65 bits per heavy atom. The number of benzene rings is 1. The van der Waals surface area contributed by atoms with Gasteiger partial charge in [-0.2, -0.15) is 5.26 Å². The van der Waals surface area contributed by atoms with E-state index in [1.165, 1.54) is 11.0 Å². The molecule has 3 rings (SSSR count). The summed E-state index contributed by atoms with van der Waals surface area (Å²) in [5, 5.41) is 9.29. The molecule has 2 aliphatic rings. The summed E-state index contributed by atoms with van der Waals surface area (Å²) < 4.78 is 17.9. The van der Waals surface area contributed by atoms with Crippen LogP contribution in [0.15, 0.2) is 18.2 Å². The molecule has 0 spiro atoms. The molecule has 1 aromatic carbocycles. The molecule has 168 valence electrons. The van der Waals surface area contributed by atoms with Gasteiger partial charge in [0.25, 0.3) is 5.91 Å². The Morgan fingerprint density at radius 1 is 1.16 bits per heavy atom. The van der Waals surface area contributed by atoms with Crippen molar-refractivity contribution in [3.8, 4) is 11.8 Å². The van der Waals surface area contributed by atoms with Crippen LogP contribution in [0.25, 0.3) is 0 Å². The molecule has 1 fully saturated rings. The van der Waals surface area contributed by atoms with Gasteiger partial charge in [-0.15, -0.1) is 0 Å². The minimum atomic E-state index is -0.356. The predicted octanol–water partition coefficient (Wildman–Crippen LogP) is 2.07. The third-order valence-electron chi connectivity index (χ3n) is 6.08. The second-order valence-corrected chi connectivity index (χ2v) is 8.42. The first-order valence-corrected chi connectivity index (χ1v) is 10.7. The fourth-order valence-corrected chi connectivity index (χ4v) is 4.23. The molecule has 2 bridgehead atoms. The van der Waals surface area contributed by atoms with Gasteiger partial charge in [0.2, 0.25) is 5.91 Å². The lowest BCUT2D eigenvalue weighted by Gasteiger charge is -2.36. The standard InChI is InChI=1S/C23H31N3O5/c1-15-13-26(3)23(28)18-11-16(12-24)5-7-19(18)30-14-21-20(29-4)8-6-17(31-21)9-10-25(2)22(15)27/h5,7,11,15,17,20-21H,6,8-10,13-14H2,1-4H3/t15-,17-,20-,21+/m1/s1. The molecule has 8 nitrogen and oxygen atoms in total. The lowest BCUT2D eigenvalue weighted by molar-refractivity contribution is -0.146. The number of rotatable bonds is 1. The van der Waals surface area contributed by atoms with E-state index in [9.17, 15) is 14.9 Å². The van der Waals surface area contributed by atoms with E-state index >= 15 is 0 Å². The van der Waals surface area contributed by atoms with E-state index in [0.29, 0.717) is 23.4 Å². The van der Waals surface area contributed by atoms with E-state index in [2.05, 4.69) is 6.07 Å². The van der Waals surface area contributed by atoms with Gasteiger partial charge in [0.1, 0.15) is 18.5 Å². The first-order chi connectivity index (χ1) is 14.8. The topological polar surface area (TPSA) is 92.1 Å². The van der Waals surface area contributed by atoms with E-state index in [1.807, 2.05) is 6.92 Å². The number of methoxy groups -OCH3 is 1. The largest absolute Gasteiger partial charge is 0.490 e. The lowest BCUT2D eigenvalue weighted by Crippen LogP contribution is -2.44. The Hall–Kier alpha value is -2.63. The molecule has 0 aromatic heterocycles. The molecule has 1 saturated heterocycles. The molecular formula is C23H31N3O5. The maximum Gasteiger partial charge on any atom is 0.257 e. The zero-order valence-electron chi connectivity index (χ0n) is 18.7. The number of hydrogen-bond acceptors (Lipinski definition) is 6. The van der Waals surface area contributed by atoms with Gasteiger partial charge < -0.3 is 24.0 Å². The molecule has 1 aromatic rings. The molecular weight excluding hydrogens is 398 g/mol. The van der Waals surface area contributed by atoms with Gasteiger partial charge in [0, 0.05) is 34.3 Å². The number of fused-ring (bicyclic) bond motifs is 3. The third-order valence-corrected chi connectivity index (χ3v) is 6.08. The Bertz CT molecular complexity index is 852. The van der Waals surface area contributed by atoms with Crippen LogP contribution in [0.5, 0.6) is 5.75 Å². The van der Waals surface area contributed by atoms with Gasteiger partial charge in [-0.3, -0.25) is 9.59 Å². The number of amides is 2. The highest BCUT2D eigenvalue weighted by Gasteiger charge is 2.33. The summed E-state index contributed by atoms with van der Waals surface area (Å²) >= 11 is 0. The summed E-state index contributed by atoms with van der Waals surface area (Å²) in [6.07, 6.45) is 2.05. The number of carbonyl (C=O) groups is 2. The summed E-state index contributed by atoms with van der Waals surface area (Å²) in [5.41, 5.74) is 0.667. The first kappa shape index (κ1) is 23.0. The third kappa shape index (κ3) is 5.35. The molecule has 0 N–H and O–H groups in total. The van der Waals surface area contributed by atoms with Crippen molar-refractivity contribution in [1.29, 1.82) is 5.26 Å². The van der Waals surface area contributed by atoms with Crippen molar-refractivity contribution in [1.82, 2.24) is 9.80 Å². The number of nitrogens with zero attached hydrogens (tertiary/aromatic N) is 3. The number of carbonyl (C=O) groups excluding carboxylic acids is 2. The number of hydrogen-bond donors (Lipinski definition) is 0. The van der Waals surface area contributed by atoms with Crippen LogP contribution >= 0.6 is 0 Å². The zero-order chi connectivity index (χ0) is 22.5. The second-order valence-electron chi connectivity index (χ2n) is 8.42. The summed E-state index contributed by atoms with van der Waals surface area (Å²) in [4.78, 5) is 29.2. The van der Waals surface area contributed by atoms with E-state index in [4.69, 9.17) is 14.2 Å². The minimum Gasteiger partial charge on any atom is -0.490 e. The summed E-state index contributed by atoms with van der Waals surface area (Å²) in [6.45, 7) is 2.91. The van der Waals surface area contributed by atoms with Crippen molar-refractivity contribution in [2.24, 2.45) is 5.92 Å². The highest BCUT2D eigenvalue weighted by Crippen LogP contribution is 2.27. The normalized spacial score (nSPS) is 28.1. The Morgan fingerprint density at radius 2 is 1.94 bits per heavy atom. The molecule has 0 radical (unpaired) electrons.